The van der Waals surface area contributed by atoms with E-state index < -0.39 is 0 Å². The number of nitrogens with one attached hydrogen (secondary N) is 1. The third-order valence-corrected chi connectivity index (χ3v) is 3.11. The molecule has 1 rings (SSSR count). The Labute approximate surface area is 114 Å². The fraction of sp³-hybridized carbons (Fsp3) is 0.571. The maximum atomic E-state index is 10.9. The maximum Gasteiger partial charge on any atom is 0.292 e. The predicted molar refractivity (Wildman–Crippen MR) is 76.4 cm³/mol. The van der Waals surface area contributed by atoms with Crippen molar-refractivity contribution in [3.63, 3.8) is 0 Å². The molecule has 0 spiro atoms. The van der Waals surface area contributed by atoms with Crippen LogP contribution >= 0.6 is 0 Å². The second-order valence-corrected chi connectivity index (χ2v) is 5.04. The van der Waals surface area contributed by atoms with E-state index in [0.29, 0.717) is 18.8 Å². The molecular formula is C14H22N2O3. The molecule has 0 heterocycles. The van der Waals surface area contributed by atoms with E-state index in [1.807, 2.05) is 20.8 Å². The fourth-order valence-corrected chi connectivity index (χ4v) is 1.54. The molecule has 0 amide bonds. The standard InChI is InChI=1S/C14H22N2O3/c1-5-14(3,4)19-10-11-7-8-13(16(17)18)12(9-11)15-6-2/h7-9,15H,5-6,10H2,1-4H3. The molecule has 0 aliphatic carbocycles. The van der Waals surface area contributed by atoms with Crippen LogP contribution in [0.5, 0.6) is 0 Å². The highest BCUT2D eigenvalue weighted by molar-refractivity contribution is 5.62. The largest absolute Gasteiger partial charge is 0.380 e. The van der Waals surface area contributed by atoms with Gasteiger partial charge in [0, 0.05) is 12.6 Å². The molecule has 0 aromatic heterocycles. The first kappa shape index (κ1) is 15.4. The monoisotopic (exact) mass is 266 g/mol. The summed E-state index contributed by atoms with van der Waals surface area (Å²) in [6.45, 7) is 9.14. The Morgan fingerprint density at radius 2 is 2.05 bits per heavy atom. The molecule has 0 atom stereocenters. The van der Waals surface area contributed by atoms with Crippen LogP contribution in [0.3, 0.4) is 0 Å². The lowest BCUT2D eigenvalue weighted by Crippen LogP contribution is -2.22. The summed E-state index contributed by atoms with van der Waals surface area (Å²) < 4.78 is 5.80. The van der Waals surface area contributed by atoms with E-state index in [4.69, 9.17) is 4.74 Å². The Morgan fingerprint density at radius 1 is 1.37 bits per heavy atom. The van der Waals surface area contributed by atoms with Crippen LogP contribution in [0.2, 0.25) is 0 Å². The van der Waals surface area contributed by atoms with Crippen LogP contribution in [0.4, 0.5) is 11.4 Å². The SMILES string of the molecule is CCNc1cc(COC(C)(C)CC)ccc1[N+](=O)[O-]. The summed E-state index contributed by atoms with van der Waals surface area (Å²) in [7, 11) is 0. The van der Waals surface area contributed by atoms with E-state index in [9.17, 15) is 10.1 Å². The summed E-state index contributed by atoms with van der Waals surface area (Å²) in [5.74, 6) is 0. The van der Waals surface area contributed by atoms with Crippen molar-refractivity contribution < 1.29 is 9.66 Å². The first-order chi connectivity index (χ1) is 8.89. The molecule has 0 saturated carbocycles. The minimum atomic E-state index is -0.376. The molecule has 19 heavy (non-hydrogen) atoms. The zero-order valence-corrected chi connectivity index (χ0v) is 12.0. The average molecular weight is 266 g/mol. The summed E-state index contributed by atoms with van der Waals surface area (Å²) in [6, 6.07) is 5.05. The molecule has 0 aliphatic rings. The third kappa shape index (κ3) is 4.52. The summed E-state index contributed by atoms with van der Waals surface area (Å²) in [6.07, 6.45) is 0.917. The summed E-state index contributed by atoms with van der Waals surface area (Å²) >= 11 is 0. The van der Waals surface area contributed by atoms with E-state index in [-0.39, 0.29) is 16.2 Å². The molecule has 1 N–H and O–H groups in total. The number of rotatable bonds is 7. The highest BCUT2D eigenvalue weighted by atomic mass is 16.6. The second kappa shape index (κ2) is 6.52. The fourth-order valence-electron chi connectivity index (χ4n) is 1.54. The van der Waals surface area contributed by atoms with Crippen molar-refractivity contribution >= 4 is 11.4 Å². The number of hydrogen-bond donors (Lipinski definition) is 1. The van der Waals surface area contributed by atoms with Crippen molar-refractivity contribution in [1.82, 2.24) is 0 Å². The van der Waals surface area contributed by atoms with Crippen LogP contribution in [0.15, 0.2) is 18.2 Å². The van der Waals surface area contributed by atoms with Gasteiger partial charge in [-0.1, -0.05) is 6.92 Å². The Balaban J connectivity index is 2.86. The van der Waals surface area contributed by atoms with Crippen molar-refractivity contribution in [3.05, 3.63) is 33.9 Å². The topological polar surface area (TPSA) is 64.4 Å². The van der Waals surface area contributed by atoms with Gasteiger partial charge in [-0.25, -0.2) is 0 Å². The lowest BCUT2D eigenvalue weighted by Gasteiger charge is -2.23. The average Bonchev–Trinajstić information content (AvgIpc) is 2.37. The Hall–Kier alpha value is -1.62. The van der Waals surface area contributed by atoms with Crippen LogP contribution in [0, 0.1) is 10.1 Å². The normalized spacial score (nSPS) is 11.4. The molecule has 0 unspecified atom stereocenters. The number of nitro groups is 1. The molecule has 1 aromatic carbocycles. The van der Waals surface area contributed by atoms with Gasteiger partial charge >= 0.3 is 0 Å². The highest BCUT2D eigenvalue weighted by Crippen LogP contribution is 2.26. The molecule has 0 bridgehead atoms. The van der Waals surface area contributed by atoms with Gasteiger partial charge in [0.15, 0.2) is 0 Å². The molecule has 106 valence electrons. The number of benzene rings is 1. The Kier molecular flexibility index (Phi) is 5.30. The first-order valence-electron chi connectivity index (χ1n) is 6.54. The number of nitro benzene ring substituents is 1. The van der Waals surface area contributed by atoms with Crippen LogP contribution in [0.25, 0.3) is 0 Å². The number of anilines is 1. The van der Waals surface area contributed by atoms with Crippen molar-refractivity contribution in [2.45, 2.75) is 46.3 Å². The van der Waals surface area contributed by atoms with Crippen LogP contribution in [0.1, 0.15) is 39.7 Å². The summed E-state index contributed by atoms with van der Waals surface area (Å²) in [5, 5.41) is 13.9. The number of hydrogen-bond acceptors (Lipinski definition) is 4. The van der Waals surface area contributed by atoms with Gasteiger partial charge in [0.25, 0.3) is 5.69 Å². The molecule has 5 heteroatoms. The lowest BCUT2D eigenvalue weighted by molar-refractivity contribution is -0.384. The molecular weight excluding hydrogens is 244 g/mol. The van der Waals surface area contributed by atoms with Gasteiger partial charge in [0.2, 0.25) is 0 Å². The quantitative estimate of drug-likeness (QED) is 0.603. The van der Waals surface area contributed by atoms with E-state index in [1.54, 1.807) is 12.1 Å². The first-order valence-corrected chi connectivity index (χ1v) is 6.54. The maximum absolute atomic E-state index is 10.9. The van der Waals surface area contributed by atoms with Crippen molar-refractivity contribution in [3.8, 4) is 0 Å². The lowest BCUT2D eigenvalue weighted by atomic mass is 10.1. The minimum Gasteiger partial charge on any atom is -0.380 e. The predicted octanol–water partition coefficient (Wildman–Crippen LogP) is 3.73. The zero-order chi connectivity index (χ0) is 14.5. The van der Waals surface area contributed by atoms with E-state index in [0.717, 1.165) is 12.0 Å². The van der Waals surface area contributed by atoms with Gasteiger partial charge < -0.3 is 10.1 Å². The number of nitrogens with zero attached hydrogens (tertiary/aromatic N) is 1. The second-order valence-electron chi connectivity index (χ2n) is 5.04. The van der Waals surface area contributed by atoms with Gasteiger partial charge in [-0.05, 0) is 44.9 Å². The Bertz CT molecular complexity index is 444. The minimum absolute atomic E-state index is 0.0975. The molecule has 1 aromatic rings. The molecule has 5 nitrogen and oxygen atoms in total. The Morgan fingerprint density at radius 3 is 2.58 bits per heavy atom. The van der Waals surface area contributed by atoms with Crippen LogP contribution in [-0.2, 0) is 11.3 Å². The van der Waals surface area contributed by atoms with Gasteiger partial charge in [-0.3, -0.25) is 10.1 Å². The smallest absolute Gasteiger partial charge is 0.292 e. The van der Waals surface area contributed by atoms with Crippen molar-refractivity contribution in [2.75, 3.05) is 11.9 Å². The van der Waals surface area contributed by atoms with Crippen molar-refractivity contribution in [1.29, 1.82) is 0 Å². The molecule has 0 fully saturated rings. The third-order valence-electron chi connectivity index (χ3n) is 3.11. The van der Waals surface area contributed by atoms with Gasteiger partial charge in [-0.2, -0.15) is 0 Å². The zero-order valence-electron chi connectivity index (χ0n) is 12.0. The highest BCUT2D eigenvalue weighted by Gasteiger charge is 2.17. The summed E-state index contributed by atoms with van der Waals surface area (Å²) in [5.41, 5.74) is 1.39. The van der Waals surface area contributed by atoms with E-state index in [1.165, 1.54) is 6.07 Å². The van der Waals surface area contributed by atoms with Crippen molar-refractivity contribution in [2.24, 2.45) is 0 Å². The van der Waals surface area contributed by atoms with Crippen LogP contribution < -0.4 is 5.32 Å². The molecule has 0 saturated heterocycles. The van der Waals surface area contributed by atoms with Gasteiger partial charge in [0.1, 0.15) is 5.69 Å². The molecule has 0 radical (unpaired) electrons. The molecule has 0 aliphatic heterocycles. The van der Waals surface area contributed by atoms with E-state index in [2.05, 4.69) is 12.2 Å². The summed E-state index contributed by atoms with van der Waals surface area (Å²) in [4.78, 5) is 10.5. The van der Waals surface area contributed by atoms with E-state index >= 15 is 0 Å². The van der Waals surface area contributed by atoms with Gasteiger partial charge in [-0.15, -0.1) is 0 Å². The van der Waals surface area contributed by atoms with Crippen LogP contribution in [-0.4, -0.2) is 17.1 Å². The van der Waals surface area contributed by atoms with Gasteiger partial charge in [0.05, 0.1) is 17.1 Å². The number of ether oxygens (including phenoxy) is 1.